The fourth-order valence-electron chi connectivity index (χ4n) is 4.59. The van der Waals surface area contributed by atoms with Gasteiger partial charge in [-0.25, -0.2) is 13.5 Å². The molecule has 1 unspecified atom stereocenters. The van der Waals surface area contributed by atoms with Gasteiger partial charge in [0.2, 0.25) is 0 Å². The number of nitriles is 1. The second-order valence-electron chi connectivity index (χ2n) is 10.4. The first-order chi connectivity index (χ1) is 20.4. The number of aromatic nitrogens is 4. The van der Waals surface area contributed by atoms with Crippen molar-refractivity contribution in [2.45, 2.75) is 31.8 Å². The van der Waals surface area contributed by atoms with E-state index in [4.69, 9.17) is 23.2 Å². The monoisotopic (exact) mass is 621 g/mol. The summed E-state index contributed by atoms with van der Waals surface area (Å²) in [7, 11) is 0. The molecule has 5 aromatic rings. The average molecular weight is 622 g/mol. The number of hydrogen-bond acceptors (Lipinski definition) is 7. The molecule has 218 valence electrons. The molecule has 9 nitrogen and oxygen atoms in total. The maximum absolute atomic E-state index is 13.8. The number of rotatable bonds is 9. The number of hydrogen-bond donors (Lipinski definition) is 3. The Bertz CT molecular complexity index is 1890. The second-order valence-corrected chi connectivity index (χ2v) is 11.2. The minimum atomic E-state index is -0.987. The van der Waals surface area contributed by atoms with Crippen molar-refractivity contribution in [1.82, 2.24) is 20.0 Å². The highest BCUT2D eigenvalue weighted by Crippen LogP contribution is 2.37. The van der Waals surface area contributed by atoms with Crippen LogP contribution in [0.15, 0.2) is 67.0 Å². The van der Waals surface area contributed by atoms with Crippen LogP contribution in [-0.2, 0) is 10.3 Å². The van der Waals surface area contributed by atoms with Gasteiger partial charge < -0.3 is 15.7 Å². The number of nitrogens with zero attached hydrogens (tertiary/aromatic N) is 5. The van der Waals surface area contributed by atoms with Gasteiger partial charge in [-0.1, -0.05) is 40.5 Å². The molecule has 0 aliphatic rings. The molecule has 1 atom stereocenters. The van der Waals surface area contributed by atoms with Gasteiger partial charge in [0.1, 0.15) is 23.4 Å². The van der Waals surface area contributed by atoms with Crippen LogP contribution in [0.4, 0.5) is 25.8 Å². The molecule has 0 bridgehead atoms. The largest absolute Gasteiger partial charge is 0.481 e. The Balaban J connectivity index is 1.60. The Morgan fingerprint density at radius 3 is 2.49 bits per heavy atom. The van der Waals surface area contributed by atoms with Crippen molar-refractivity contribution >= 4 is 57.1 Å². The summed E-state index contributed by atoms with van der Waals surface area (Å²) in [5, 5.41) is 34.8. The molecule has 2 aromatic heterocycles. The number of fused-ring (bicyclic) bond motifs is 1. The van der Waals surface area contributed by atoms with Crippen LogP contribution in [0.2, 0.25) is 10.0 Å². The highest BCUT2D eigenvalue weighted by Gasteiger charge is 2.28. The fourth-order valence-corrected chi connectivity index (χ4v) is 5.04. The number of benzene rings is 3. The third-order valence-electron chi connectivity index (χ3n) is 6.76. The van der Waals surface area contributed by atoms with Crippen molar-refractivity contribution < 1.29 is 18.7 Å². The van der Waals surface area contributed by atoms with Crippen molar-refractivity contribution in [3.8, 4) is 6.07 Å². The predicted molar refractivity (Wildman–Crippen MR) is 160 cm³/mol. The van der Waals surface area contributed by atoms with Gasteiger partial charge in [0.05, 0.1) is 51.0 Å². The zero-order valence-corrected chi connectivity index (χ0v) is 24.3. The number of carboxylic acid groups (broad SMARTS) is 1. The Morgan fingerprint density at radius 2 is 1.81 bits per heavy atom. The molecule has 0 spiro atoms. The average Bonchev–Trinajstić information content (AvgIpc) is 3.45. The van der Waals surface area contributed by atoms with E-state index in [0.717, 1.165) is 0 Å². The van der Waals surface area contributed by atoms with Gasteiger partial charge in [0.15, 0.2) is 0 Å². The molecular formula is C30H23Cl2F2N7O2. The highest BCUT2D eigenvalue weighted by molar-refractivity contribution is 6.36. The smallest absolute Gasteiger partial charge is 0.305 e. The van der Waals surface area contributed by atoms with E-state index in [9.17, 15) is 23.9 Å². The zero-order chi connectivity index (χ0) is 30.9. The summed E-state index contributed by atoms with van der Waals surface area (Å²) in [6.07, 6.45) is 2.83. The van der Waals surface area contributed by atoms with Crippen LogP contribution in [-0.4, -0.2) is 31.1 Å². The summed E-state index contributed by atoms with van der Waals surface area (Å²) in [6.45, 7) is 3.46. The molecule has 0 saturated carbocycles. The van der Waals surface area contributed by atoms with Crippen molar-refractivity contribution in [2.24, 2.45) is 0 Å². The first-order valence-electron chi connectivity index (χ1n) is 12.9. The predicted octanol–water partition coefficient (Wildman–Crippen LogP) is 7.44. The van der Waals surface area contributed by atoms with E-state index < -0.39 is 29.2 Å². The van der Waals surface area contributed by atoms with Gasteiger partial charge in [-0.3, -0.25) is 9.78 Å². The Labute approximate surface area is 254 Å². The van der Waals surface area contributed by atoms with Gasteiger partial charge in [-0.15, -0.1) is 5.10 Å². The lowest BCUT2D eigenvalue weighted by Crippen LogP contribution is -2.30. The fraction of sp³-hybridized carbons (Fsp3) is 0.167. The molecule has 0 amide bonds. The molecule has 0 aliphatic carbocycles. The van der Waals surface area contributed by atoms with Gasteiger partial charge in [0, 0.05) is 23.0 Å². The van der Waals surface area contributed by atoms with Gasteiger partial charge in [0.25, 0.3) is 0 Å². The molecule has 3 N–H and O–H groups in total. The van der Waals surface area contributed by atoms with E-state index in [0.29, 0.717) is 39.2 Å². The maximum atomic E-state index is 13.8. The lowest BCUT2D eigenvalue weighted by molar-refractivity contribution is -0.139. The first kappa shape index (κ1) is 29.7. The van der Waals surface area contributed by atoms with Crippen LogP contribution in [0.3, 0.4) is 0 Å². The number of carboxylic acids is 1. The minimum absolute atomic E-state index is 0.0935. The first-order valence-corrected chi connectivity index (χ1v) is 13.6. The number of pyridine rings is 1. The topological polar surface area (TPSA) is 129 Å². The van der Waals surface area contributed by atoms with Crippen LogP contribution in [0.25, 0.3) is 10.9 Å². The van der Waals surface area contributed by atoms with Gasteiger partial charge in [-0.2, -0.15) is 5.26 Å². The maximum Gasteiger partial charge on any atom is 0.305 e. The Kier molecular flexibility index (Phi) is 8.17. The molecule has 0 saturated heterocycles. The summed E-state index contributed by atoms with van der Waals surface area (Å²) >= 11 is 12.6. The zero-order valence-electron chi connectivity index (χ0n) is 22.7. The number of halogens is 4. The quantitative estimate of drug-likeness (QED) is 0.155. The Morgan fingerprint density at radius 1 is 1.09 bits per heavy atom. The van der Waals surface area contributed by atoms with Crippen LogP contribution in [0.1, 0.15) is 43.1 Å². The van der Waals surface area contributed by atoms with E-state index >= 15 is 0 Å². The van der Waals surface area contributed by atoms with Crippen LogP contribution in [0, 0.1) is 23.0 Å². The van der Waals surface area contributed by atoms with E-state index in [1.165, 1.54) is 41.2 Å². The van der Waals surface area contributed by atoms with Crippen LogP contribution >= 0.6 is 23.2 Å². The van der Waals surface area contributed by atoms with Crippen molar-refractivity contribution in [3.05, 3.63) is 105 Å². The number of nitrogens with one attached hydrogen (secondary N) is 2. The number of aliphatic carboxylic acids is 1. The van der Waals surface area contributed by atoms with E-state index in [2.05, 4.69) is 32.0 Å². The standard InChI is InChI=1S/C30H23Cl2F2N7O2/c1-30(2,12-26(42)43)41-15-25(39-40-41)28(16-3-5-18(33)6-4-16)38-20-9-21-27(37-19-7-8-24(34)22(31)10-19)17(13-35)14-36-29(21)23(32)11-20/h3-11,14-15,28,38H,12H2,1-2H3,(H,36,37)(H,42,43). The number of carbonyl (C=O) groups is 1. The summed E-state index contributed by atoms with van der Waals surface area (Å²) < 4.78 is 29.1. The summed E-state index contributed by atoms with van der Waals surface area (Å²) in [5.41, 5.74) is 2.13. The van der Waals surface area contributed by atoms with Crippen LogP contribution < -0.4 is 10.6 Å². The van der Waals surface area contributed by atoms with E-state index in [-0.39, 0.29) is 22.0 Å². The third kappa shape index (κ3) is 6.35. The Hall–Kier alpha value is -4.79. The van der Waals surface area contributed by atoms with Crippen molar-refractivity contribution in [3.63, 3.8) is 0 Å². The summed E-state index contributed by atoms with van der Waals surface area (Å²) in [4.78, 5) is 15.8. The molecule has 2 heterocycles. The molecule has 0 aliphatic heterocycles. The number of anilines is 3. The molecule has 3 aromatic carbocycles. The summed E-state index contributed by atoms with van der Waals surface area (Å²) in [6, 6.07) is 14.7. The lowest BCUT2D eigenvalue weighted by Gasteiger charge is -2.23. The summed E-state index contributed by atoms with van der Waals surface area (Å²) in [5.74, 6) is -2.00. The third-order valence-corrected chi connectivity index (χ3v) is 7.34. The molecule has 13 heteroatoms. The normalized spacial score (nSPS) is 12.1. The molecule has 0 radical (unpaired) electrons. The molecular weight excluding hydrogens is 599 g/mol. The minimum Gasteiger partial charge on any atom is -0.481 e. The van der Waals surface area contributed by atoms with Crippen LogP contribution in [0.5, 0.6) is 0 Å². The SMILES string of the molecule is CC(C)(CC(=O)O)n1cc(C(Nc2cc(Cl)c3ncc(C#N)c(Nc4ccc(F)c(Cl)c4)c3c2)c2ccc(F)cc2)nn1. The van der Waals surface area contributed by atoms with E-state index in [1.54, 1.807) is 44.3 Å². The highest BCUT2D eigenvalue weighted by atomic mass is 35.5. The van der Waals surface area contributed by atoms with Gasteiger partial charge >= 0.3 is 5.97 Å². The molecule has 43 heavy (non-hydrogen) atoms. The molecule has 0 fully saturated rings. The van der Waals surface area contributed by atoms with Crippen molar-refractivity contribution in [1.29, 1.82) is 5.26 Å². The van der Waals surface area contributed by atoms with E-state index in [1.807, 2.05) is 0 Å². The molecule has 5 rings (SSSR count). The lowest BCUT2D eigenvalue weighted by atomic mass is 10.0. The van der Waals surface area contributed by atoms with Gasteiger partial charge in [-0.05, 0) is 61.9 Å². The van der Waals surface area contributed by atoms with Crippen molar-refractivity contribution in [2.75, 3.05) is 10.6 Å². The second kappa shape index (κ2) is 11.8.